The molecular weight excluding hydrogens is 803 g/mol. The third kappa shape index (κ3) is 18.8. The largest absolute Gasteiger partial charge is 0.508 e. The molecule has 0 aliphatic carbocycles. The molecule has 1 saturated heterocycles. The number of primary amides is 1. The molecule has 1 fully saturated rings. The Morgan fingerprint density at radius 3 is 1.81 bits per heavy atom. The number of amides is 7. The van der Waals surface area contributed by atoms with Gasteiger partial charge in [0.2, 0.25) is 41.4 Å². The molecule has 1 heterocycles. The lowest BCUT2D eigenvalue weighted by Gasteiger charge is -2.30. The van der Waals surface area contributed by atoms with Gasteiger partial charge in [-0.3, -0.25) is 33.6 Å². The third-order valence-corrected chi connectivity index (χ3v) is 10.9. The number of ether oxygens (including phenoxy) is 1. The Morgan fingerprint density at radius 2 is 1.24 bits per heavy atom. The second kappa shape index (κ2) is 26.9. The van der Waals surface area contributed by atoms with Gasteiger partial charge in [0.05, 0.1) is 12.5 Å². The number of hydrogen-bond donors (Lipinski definition) is 9. The van der Waals surface area contributed by atoms with Crippen molar-refractivity contribution in [1.82, 2.24) is 31.9 Å². The lowest BCUT2D eigenvalue weighted by Crippen LogP contribution is -2.60. The Labute approximate surface area is 365 Å². The van der Waals surface area contributed by atoms with Crippen LogP contribution in [-0.4, -0.2) is 106 Å². The molecule has 348 valence electrons. The molecule has 0 unspecified atom stereocenters. The topological polar surface area (TPSA) is 284 Å². The summed E-state index contributed by atoms with van der Waals surface area (Å²) >= 11 is 0. The number of nitrogens with one attached hydrogen (secondary N) is 6. The first-order valence-corrected chi connectivity index (χ1v) is 22.0. The van der Waals surface area contributed by atoms with Crippen LogP contribution < -0.4 is 37.6 Å². The molecule has 10 N–H and O–H groups in total. The van der Waals surface area contributed by atoms with Crippen molar-refractivity contribution >= 4 is 47.3 Å². The number of benzene rings is 1. The maximum atomic E-state index is 14.2. The Morgan fingerprint density at radius 1 is 0.710 bits per heavy atom. The minimum absolute atomic E-state index is 0.0409. The van der Waals surface area contributed by atoms with Gasteiger partial charge in [-0.25, -0.2) is 4.79 Å². The zero-order chi connectivity index (χ0) is 46.5. The summed E-state index contributed by atoms with van der Waals surface area (Å²) in [7, 11) is 0. The zero-order valence-electron chi connectivity index (χ0n) is 37.4. The van der Waals surface area contributed by atoms with Crippen LogP contribution in [-0.2, 0) is 49.5 Å². The van der Waals surface area contributed by atoms with Gasteiger partial charge in [0.1, 0.15) is 48.1 Å². The highest BCUT2D eigenvalue weighted by molar-refractivity contribution is 5.97. The van der Waals surface area contributed by atoms with Crippen LogP contribution in [0.2, 0.25) is 0 Å². The number of carbonyl (C=O) groups excluding carboxylic acids is 8. The number of phenols is 1. The van der Waals surface area contributed by atoms with E-state index < -0.39 is 108 Å². The summed E-state index contributed by atoms with van der Waals surface area (Å²) in [5.41, 5.74) is 5.89. The monoisotopic (exact) mass is 874 g/mol. The van der Waals surface area contributed by atoms with Crippen molar-refractivity contribution in [3.8, 4) is 5.75 Å². The third-order valence-electron chi connectivity index (χ3n) is 10.9. The lowest BCUT2D eigenvalue weighted by atomic mass is 9.93. The molecule has 0 radical (unpaired) electrons. The smallest absolute Gasteiger partial charge is 0.329 e. The number of hydrogen-bond acceptors (Lipinski definition) is 11. The van der Waals surface area contributed by atoms with Crippen molar-refractivity contribution in [3.05, 3.63) is 29.8 Å². The van der Waals surface area contributed by atoms with Crippen LogP contribution >= 0.6 is 0 Å². The van der Waals surface area contributed by atoms with Crippen molar-refractivity contribution in [2.45, 2.75) is 180 Å². The van der Waals surface area contributed by atoms with Gasteiger partial charge in [0.15, 0.2) is 0 Å². The first-order valence-electron chi connectivity index (χ1n) is 22.0. The van der Waals surface area contributed by atoms with E-state index in [1.165, 1.54) is 57.9 Å². The highest BCUT2D eigenvalue weighted by Gasteiger charge is 2.36. The number of esters is 1. The van der Waals surface area contributed by atoms with Gasteiger partial charge in [-0.15, -0.1) is 0 Å². The fourth-order valence-corrected chi connectivity index (χ4v) is 6.91. The van der Waals surface area contributed by atoms with E-state index in [0.717, 1.165) is 38.5 Å². The Bertz CT molecular complexity index is 1660. The first-order chi connectivity index (χ1) is 29.2. The zero-order valence-corrected chi connectivity index (χ0v) is 37.4. The number of nitrogens with two attached hydrogens (primary N) is 1. The van der Waals surface area contributed by atoms with Gasteiger partial charge in [-0.1, -0.05) is 91.2 Å². The number of unbranched alkanes of at least 4 members (excludes halogenated alkanes) is 7. The number of aliphatic hydroxyl groups excluding tert-OH is 1. The molecule has 18 heteroatoms. The van der Waals surface area contributed by atoms with E-state index in [0.29, 0.717) is 12.0 Å². The number of rotatable bonds is 17. The van der Waals surface area contributed by atoms with E-state index in [4.69, 9.17) is 10.5 Å². The van der Waals surface area contributed by atoms with E-state index in [9.17, 15) is 48.6 Å². The van der Waals surface area contributed by atoms with Crippen LogP contribution in [0.15, 0.2) is 24.3 Å². The van der Waals surface area contributed by atoms with E-state index in [1.807, 2.05) is 6.92 Å². The van der Waals surface area contributed by atoms with Gasteiger partial charge in [0.25, 0.3) is 0 Å². The number of aromatic hydroxyl groups is 1. The molecule has 62 heavy (non-hydrogen) atoms. The molecule has 1 aliphatic heterocycles. The van der Waals surface area contributed by atoms with Crippen LogP contribution in [0, 0.1) is 11.8 Å². The average molecular weight is 874 g/mol. The molecule has 1 aromatic rings. The number of phenolic OH excluding ortho intramolecular Hbond substituents is 1. The van der Waals surface area contributed by atoms with Crippen LogP contribution in [0.3, 0.4) is 0 Å². The summed E-state index contributed by atoms with van der Waals surface area (Å²) in [5.74, 6) is -7.54. The van der Waals surface area contributed by atoms with Crippen molar-refractivity contribution < 1.29 is 53.3 Å². The molecule has 0 aromatic heterocycles. The maximum Gasteiger partial charge on any atom is 0.329 e. The van der Waals surface area contributed by atoms with Gasteiger partial charge in [-0.05, 0) is 63.1 Å². The minimum Gasteiger partial charge on any atom is -0.508 e. The summed E-state index contributed by atoms with van der Waals surface area (Å²) in [6, 6.07) is -2.27. The highest BCUT2D eigenvalue weighted by atomic mass is 16.5. The fraction of sp³-hybridized carbons (Fsp3) is 0.682. The molecule has 7 amide bonds. The summed E-state index contributed by atoms with van der Waals surface area (Å²) in [6.45, 7) is 11.3. The van der Waals surface area contributed by atoms with Crippen molar-refractivity contribution in [1.29, 1.82) is 0 Å². The van der Waals surface area contributed by atoms with E-state index >= 15 is 0 Å². The predicted octanol–water partition coefficient (Wildman–Crippen LogP) is 1.67. The molecule has 1 aromatic carbocycles. The molecule has 0 saturated carbocycles. The van der Waals surface area contributed by atoms with Crippen molar-refractivity contribution in [3.63, 3.8) is 0 Å². The lowest BCUT2D eigenvalue weighted by molar-refractivity contribution is -0.158. The normalized spacial score (nSPS) is 25.0. The van der Waals surface area contributed by atoms with Gasteiger partial charge in [0, 0.05) is 12.8 Å². The van der Waals surface area contributed by atoms with Gasteiger partial charge < -0.3 is 52.6 Å². The predicted molar refractivity (Wildman–Crippen MR) is 231 cm³/mol. The Kier molecular flexibility index (Phi) is 23.0. The SMILES string of the molecule is CCCCCCCCCC[C@H](C)[C@@H]1CC(=O)N[C@H]([C@@H](C)O)C(=O)N[C@@H](C)C(=O)N[C@H](C)C(=O)N[C@@H](CCC(N)=O)C(=O)N[C@H](Cc2ccc(O)cc2)C(=O)N[C@H](C(C)C)C(=O)O1. The Balaban J connectivity index is 2.58. The molecule has 1 aliphatic rings. The van der Waals surface area contributed by atoms with Crippen molar-refractivity contribution in [2.75, 3.05) is 0 Å². The first kappa shape index (κ1) is 52.9. The molecule has 9 atom stereocenters. The Hall–Kier alpha value is -5.26. The van der Waals surface area contributed by atoms with E-state index in [-0.39, 0.29) is 30.9 Å². The molecule has 0 spiro atoms. The standard InChI is InChI=1S/C44H71N7O11/c1-8-9-10-11-12-13-14-15-16-26(4)34-24-36(55)50-38(29(7)52)43(60)47-27(5)39(56)46-28(6)40(57)48-32(21-22-35(45)54)41(58)49-33(23-30-17-19-31(53)20-18-30)42(59)51-37(25(2)3)44(61)62-34/h17-20,25-29,32-34,37-38,52-53H,8-16,21-24H2,1-7H3,(H2,45,54)(H,46,56)(H,47,60)(H,48,57)(H,49,58)(H,50,55)(H,51,59)/t26-,27-,28+,29+,32-,33+,34-,37+,38+/m0/s1. The summed E-state index contributed by atoms with van der Waals surface area (Å²) < 4.78 is 6.04. The second-order valence-corrected chi connectivity index (χ2v) is 16.9. The van der Waals surface area contributed by atoms with E-state index in [2.05, 4.69) is 38.8 Å². The molecule has 2 rings (SSSR count). The maximum absolute atomic E-state index is 14.2. The van der Waals surface area contributed by atoms with Crippen LogP contribution in [0.1, 0.15) is 131 Å². The molecule has 0 bridgehead atoms. The summed E-state index contributed by atoms with van der Waals surface area (Å²) in [5, 5.41) is 35.6. The van der Waals surface area contributed by atoms with Crippen LogP contribution in [0.5, 0.6) is 5.75 Å². The van der Waals surface area contributed by atoms with Crippen LogP contribution in [0.25, 0.3) is 0 Å². The number of cyclic esters (lactones) is 1. The van der Waals surface area contributed by atoms with E-state index in [1.54, 1.807) is 13.8 Å². The van der Waals surface area contributed by atoms with Crippen molar-refractivity contribution in [2.24, 2.45) is 17.6 Å². The summed E-state index contributed by atoms with van der Waals surface area (Å²) in [6.07, 6.45) is 5.57. The highest BCUT2D eigenvalue weighted by Crippen LogP contribution is 2.22. The second-order valence-electron chi connectivity index (χ2n) is 16.9. The quantitative estimate of drug-likeness (QED) is 0.0802. The van der Waals surface area contributed by atoms with Gasteiger partial charge in [-0.2, -0.15) is 0 Å². The molecule has 18 nitrogen and oxygen atoms in total. The molecular formula is C44H71N7O11. The van der Waals surface area contributed by atoms with Crippen LogP contribution in [0.4, 0.5) is 0 Å². The number of carbonyl (C=O) groups is 8. The number of aliphatic hydroxyl groups is 1. The summed E-state index contributed by atoms with van der Waals surface area (Å²) in [4.78, 5) is 107. The van der Waals surface area contributed by atoms with Gasteiger partial charge >= 0.3 is 5.97 Å². The fourth-order valence-electron chi connectivity index (χ4n) is 6.91. The average Bonchev–Trinajstić information content (AvgIpc) is 3.20. The minimum atomic E-state index is -1.52.